The number of benzene rings is 1. The van der Waals surface area contributed by atoms with Gasteiger partial charge in [-0.15, -0.1) is 0 Å². The summed E-state index contributed by atoms with van der Waals surface area (Å²) in [7, 11) is 0. The highest BCUT2D eigenvalue weighted by molar-refractivity contribution is 14.1. The Kier molecular flexibility index (Phi) is 4.11. The number of carbonyl (C=O) groups is 1. The Morgan fingerprint density at radius 2 is 2.22 bits per heavy atom. The summed E-state index contributed by atoms with van der Waals surface area (Å²) in [5.41, 5.74) is 1.18. The molecule has 2 rings (SSSR count). The molecule has 1 aromatic rings. The summed E-state index contributed by atoms with van der Waals surface area (Å²) in [4.78, 5) is 12.4. The molecule has 4 nitrogen and oxygen atoms in total. The van der Waals surface area contributed by atoms with E-state index >= 15 is 0 Å². The molecule has 1 fully saturated rings. The van der Waals surface area contributed by atoms with Gasteiger partial charge in [-0.3, -0.25) is 4.90 Å². The molecule has 2 N–H and O–H groups in total. The van der Waals surface area contributed by atoms with Gasteiger partial charge >= 0.3 is 6.09 Å². The Hall–Kier alpha value is -0.820. The van der Waals surface area contributed by atoms with Crippen LogP contribution >= 0.6 is 22.6 Å². The second-order valence-electron chi connectivity index (χ2n) is 4.51. The summed E-state index contributed by atoms with van der Waals surface area (Å²) in [6.45, 7) is 1.78. The van der Waals surface area contributed by atoms with E-state index in [0.29, 0.717) is 6.42 Å². The average molecular weight is 361 g/mol. The lowest BCUT2D eigenvalue weighted by atomic mass is 10.1. The summed E-state index contributed by atoms with van der Waals surface area (Å²) in [5, 5.41) is 19.0. The number of aliphatic hydroxyl groups is 1. The zero-order chi connectivity index (χ0) is 13.3. The maximum Gasteiger partial charge on any atom is 0.409 e. The van der Waals surface area contributed by atoms with Crippen LogP contribution in [-0.4, -0.2) is 33.5 Å². The number of hydrogen-bond acceptors (Lipinski definition) is 2. The molecule has 3 atom stereocenters. The van der Waals surface area contributed by atoms with E-state index in [2.05, 4.69) is 22.6 Å². The molecule has 18 heavy (non-hydrogen) atoms. The van der Waals surface area contributed by atoms with Crippen molar-refractivity contribution in [3.63, 3.8) is 0 Å². The minimum absolute atomic E-state index is 0.0895. The van der Waals surface area contributed by atoms with Gasteiger partial charge in [0.2, 0.25) is 0 Å². The topological polar surface area (TPSA) is 60.8 Å². The van der Waals surface area contributed by atoms with Crippen molar-refractivity contribution < 1.29 is 15.0 Å². The fourth-order valence-electron chi connectivity index (χ4n) is 2.29. The molecule has 1 aliphatic carbocycles. The van der Waals surface area contributed by atoms with Crippen LogP contribution in [0.5, 0.6) is 0 Å². The molecule has 0 spiro atoms. The molecule has 5 heteroatoms. The Morgan fingerprint density at radius 1 is 1.56 bits per heavy atom. The Morgan fingerprint density at radius 3 is 2.78 bits per heavy atom. The summed E-state index contributed by atoms with van der Waals surface area (Å²) >= 11 is 2.26. The minimum Gasteiger partial charge on any atom is -0.465 e. The second kappa shape index (κ2) is 5.44. The first kappa shape index (κ1) is 13.6. The number of carboxylic acid groups (broad SMARTS) is 1. The highest BCUT2D eigenvalue weighted by atomic mass is 127. The van der Waals surface area contributed by atoms with Gasteiger partial charge in [0.05, 0.1) is 0 Å². The van der Waals surface area contributed by atoms with Crippen molar-refractivity contribution in [3.8, 4) is 0 Å². The molecule has 0 aliphatic heterocycles. The van der Waals surface area contributed by atoms with E-state index in [1.54, 1.807) is 6.92 Å². The van der Waals surface area contributed by atoms with E-state index in [9.17, 15) is 15.0 Å². The number of aliphatic hydroxyl groups excluding tert-OH is 1. The van der Waals surface area contributed by atoms with E-state index < -0.39 is 12.3 Å². The van der Waals surface area contributed by atoms with Gasteiger partial charge in [-0.1, -0.05) is 25.1 Å². The first-order valence-electron chi connectivity index (χ1n) is 6.00. The summed E-state index contributed by atoms with van der Waals surface area (Å²) in [6, 6.07) is 7.90. The van der Waals surface area contributed by atoms with Gasteiger partial charge in [-0.2, -0.15) is 0 Å². The number of halogens is 1. The maximum atomic E-state index is 11.2. The van der Waals surface area contributed by atoms with Gasteiger partial charge in [0.15, 0.2) is 0 Å². The highest BCUT2D eigenvalue weighted by Gasteiger charge is 2.47. The predicted molar refractivity (Wildman–Crippen MR) is 76.5 cm³/mol. The first-order valence-corrected chi connectivity index (χ1v) is 7.07. The molecule has 0 saturated heterocycles. The molecule has 1 aliphatic rings. The number of hydrogen-bond donors (Lipinski definition) is 2. The van der Waals surface area contributed by atoms with Crippen LogP contribution in [0.4, 0.5) is 4.79 Å². The van der Waals surface area contributed by atoms with Crippen molar-refractivity contribution in [3.05, 3.63) is 33.4 Å². The zero-order valence-electron chi connectivity index (χ0n) is 10.1. The van der Waals surface area contributed by atoms with Crippen molar-refractivity contribution >= 4 is 28.7 Å². The summed E-state index contributed by atoms with van der Waals surface area (Å²) < 4.78 is 1.15. The third-order valence-electron chi connectivity index (χ3n) is 3.33. The molecule has 0 bridgehead atoms. The van der Waals surface area contributed by atoms with Gasteiger partial charge in [0, 0.05) is 15.5 Å². The highest BCUT2D eigenvalue weighted by Crippen LogP contribution is 2.46. The van der Waals surface area contributed by atoms with Crippen LogP contribution in [0.1, 0.15) is 31.2 Å². The standard InChI is InChI=1S/C13H16INO3/c1-2-12(16)15(13(17)18)11-7-9(11)8-5-3-4-6-10(8)14/h3-6,9,11-12,16H,2,7H2,1H3,(H,17,18)/t9-,11-,12?/m0/s1. The molecule has 0 radical (unpaired) electrons. The van der Waals surface area contributed by atoms with Gasteiger partial charge in [0.1, 0.15) is 6.23 Å². The van der Waals surface area contributed by atoms with Gasteiger partial charge in [-0.25, -0.2) is 4.79 Å². The SMILES string of the molecule is CCC(O)N(C(=O)O)[C@H]1C[C@H]1c1ccccc1I. The summed E-state index contributed by atoms with van der Waals surface area (Å²) in [5.74, 6) is 0.218. The first-order chi connectivity index (χ1) is 8.56. The molecule has 1 unspecified atom stereocenters. The van der Waals surface area contributed by atoms with E-state index in [1.807, 2.05) is 24.3 Å². The van der Waals surface area contributed by atoms with Crippen molar-refractivity contribution in [1.82, 2.24) is 4.90 Å². The van der Waals surface area contributed by atoms with Crippen LogP contribution < -0.4 is 0 Å². The molecule has 1 aromatic carbocycles. The van der Waals surface area contributed by atoms with Crippen LogP contribution in [-0.2, 0) is 0 Å². The van der Waals surface area contributed by atoms with Crippen LogP contribution in [0.25, 0.3) is 0 Å². The largest absolute Gasteiger partial charge is 0.465 e. The smallest absolute Gasteiger partial charge is 0.409 e. The quantitative estimate of drug-likeness (QED) is 0.641. The molecule has 1 amide bonds. The van der Waals surface area contributed by atoms with E-state index in [1.165, 1.54) is 10.5 Å². The van der Waals surface area contributed by atoms with Gasteiger partial charge in [0.25, 0.3) is 0 Å². The third kappa shape index (κ3) is 2.61. The fraction of sp³-hybridized carbons (Fsp3) is 0.462. The Bertz CT molecular complexity index is 452. The van der Waals surface area contributed by atoms with Crippen LogP contribution in [0.2, 0.25) is 0 Å². The van der Waals surface area contributed by atoms with Crippen LogP contribution in [0.3, 0.4) is 0 Å². The molecular weight excluding hydrogens is 345 g/mol. The zero-order valence-corrected chi connectivity index (χ0v) is 12.2. The van der Waals surface area contributed by atoms with E-state index in [-0.39, 0.29) is 12.0 Å². The number of nitrogens with zero attached hydrogens (tertiary/aromatic N) is 1. The molecule has 0 aromatic heterocycles. The monoisotopic (exact) mass is 361 g/mol. The van der Waals surface area contributed by atoms with Gasteiger partial charge in [-0.05, 0) is 47.1 Å². The minimum atomic E-state index is -1.04. The Labute approximate surface area is 120 Å². The molecule has 1 saturated carbocycles. The van der Waals surface area contributed by atoms with Crippen LogP contribution in [0.15, 0.2) is 24.3 Å². The predicted octanol–water partition coefficient (Wildman–Crippen LogP) is 2.86. The van der Waals surface area contributed by atoms with Crippen LogP contribution in [0, 0.1) is 3.57 Å². The lowest BCUT2D eigenvalue weighted by Crippen LogP contribution is -2.41. The molecular formula is C13H16INO3. The van der Waals surface area contributed by atoms with Crippen molar-refractivity contribution in [1.29, 1.82) is 0 Å². The van der Waals surface area contributed by atoms with E-state index in [4.69, 9.17) is 0 Å². The lowest BCUT2D eigenvalue weighted by Gasteiger charge is -2.24. The fourth-order valence-corrected chi connectivity index (χ4v) is 3.07. The Balaban J connectivity index is 2.14. The second-order valence-corrected chi connectivity index (χ2v) is 5.67. The van der Waals surface area contributed by atoms with Gasteiger partial charge < -0.3 is 10.2 Å². The summed E-state index contributed by atoms with van der Waals surface area (Å²) in [6.07, 6.45) is -0.730. The molecule has 0 heterocycles. The third-order valence-corrected chi connectivity index (χ3v) is 4.31. The molecule has 98 valence electrons. The number of rotatable bonds is 4. The van der Waals surface area contributed by atoms with Crippen molar-refractivity contribution in [2.24, 2.45) is 0 Å². The van der Waals surface area contributed by atoms with Crippen molar-refractivity contribution in [2.75, 3.05) is 0 Å². The lowest BCUT2D eigenvalue weighted by molar-refractivity contribution is 0.00425. The van der Waals surface area contributed by atoms with E-state index in [0.717, 1.165) is 9.99 Å². The maximum absolute atomic E-state index is 11.2. The number of amides is 1. The average Bonchev–Trinajstić information content (AvgIpc) is 3.09. The normalized spacial score (nSPS) is 23.5. The van der Waals surface area contributed by atoms with Crippen molar-refractivity contribution in [2.45, 2.75) is 38.0 Å².